The average molecular weight is 390 g/mol. The zero-order chi connectivity index (χ0) is 18.5. The molecular weight excluding hydrogens is 366 g/mol. The molecular formula is C19H23N3O2S2. The van der Waals surface area contributed by atoms with E-state index < -0.39 is 0 Å². The number of hydrogen-bond acceptors (Lipinski definition) is 5. The van der Waals surface area contributed by atoms with Crippen LogP contribution in [-0.2, 0) is 17.6 Å². The predicted molar refractivity (Wildman–Crippen MR) is 110 cm³/mol. The molecule has 2 heterocycles. The number of fused-ring (bicyclic) bond motifs is 1. The van der Waals surface area contributed by atoms with Gasteiger partial charge in [0.1, 0.15) is 10.8 Å². The molecule has 0 unspecified atom stereocenters. The number of aromatic nitrogens is 1. The van der Waals surface area contributed by atoms with Gasteiger partial charge in [-0.1, -0.05) is 12.8 Å². The highest BCUT2D eigenvalue weighted by Crippen LogP contribution is 2.37. The number of ether oxygens (including phenoxy) is 1. The van der Waals surface area contributed by atoms with Crippen LogP contribution in [0.5, 0.6) is 0 Å². The SMILES string of the molecule is COC(=O)c1c(NC(=S)Nc2cc(C)ccn2)sc2c1CCCCCC2. The van der Waals surface area contributed by atoms with Gasteiger partial charge in [-0.05, 0) is 68.1 Å². The average Bonchev–Trinajstić information content (AvgIpc) is 2.90. The van der Waals surface area contributed by atoms with Crippen molar-refractivity contribution < 1.29 is 9.53 Å². The standard InChI is InChI=1S/C19H23N3O2S2/c1-12-9-10-20-15(11-12)21-19(25)22-17-16(18(23)24-2)13-7-5-3-4-6-8-14(13)26-17/h9-11H,3-8H2,1-2H3,(H2,20,21,22,25). The third kappa shape index (κ3) is 4.40. The van der Waals surface area contributed by atoms with Crippen molar-refractivity contribution in [1.82, 2.24) is 4.98 Å². The zero-order valence-corrected chi connectivity index (χ0v) is 16.7. The van der Waals surface area contributed by atoms with Gasteiger partial charge in [0.15, 0.2) is 5.11 Å². The molecule has 2 aromatic heterocycles. The van der Waals surface area contributed by atoms with Gasteiger partial charge >= 0.3 is 5.97 Å². The Morgan fingerprint density at radius 1 is 1.23 bits per heavy atom. The van der Waals surface area contributed by atoms with Crippen LogP contribution in [0.3, 0.4) is 0 Å². The maximum absolute atomic E-state index is 12.4. The van der Waals surface area contributed by atoms with Crippen molar-refractivity contribution in [3.05, 3.63) is 39.9 Å². The monoisotopic (exact) mass is 389 g/mol. The number of esters is 1. The molecule has 2 N–H and O–H groups in total. The summed E-state index contributed by atoms with van der Waals surface area (Å²) in [5, 5.41) is 7.45. The molecule has 0 amide bonds. The smallest absolute Gasteiger partial charge is 0.341 e. The lowest BCUT2D eigenvalue weighted by atomic mass is 9.96. The van der Waals surface area contributed by atoms with E-state index >= 15 is 0 Å². The normalized spacial score (nSPS) is 13.9. The first kappa shape index (κ1) is 18.8. The van der Waals surface area contributed by atoms with Crippen LogP contribution in [0.1, 0.15) is 52.0 Å². The van der Waals surface area contributed by atoms with Crippen LogP contribution in [0.4, 0.5) is 10.8 Å². The summed E-state index contributed by atoms with van der Waals surface area (Å²) in [7, 11) is 1.42. The summed E-state index contributed by atoms with van der Waals surface area (Å²) in [6, 6.07) is 3.85. The van der Waals surface area contributed by atoms with E-state index in [2.05, 4.69) is 15.6 Å². The second kappa shape index (κ2) is 8.60. The summed E-state index contributed by atoms with van der Waals surface area (Å²) in [4.78, 5) is 17.9. The van der Waals surface area contributed by atoms with Gasteiger partial charge in [-0.15, -0.1) is 11.3 Å². The predicted octanol–water partition coefficient (Wildman–Crippen LogP) is 4.71. The van der Waals surface area contributed by atoms with Gasteiger partial charge in [0.25, 0.3) is 0 Å². The van der Waals surface area contributed by atoms with E-state index in [1.54, 1.807) is 17.5 Å². The minimum Gasteiger partial charge on any atom is -0.465 e. The molecule has 0 radical (unpaired) electrons. The summed E-state index contributed by atoms with van der Waals surface area (Å²) in [5.74, 6) is 0.374. The minimum absolute atomic E-state index is 0.304. The number of carbonyl (C=O) groups excluding carboxylic acids is 1. The van der Waals surface area contributed by atoms with Crippen LogP contribution in [0, 0.1) is 6.92 Å². The Bertz CT molecular complexity index is 817. The van der Waals surface area contributed by atoms with Gasteiger partial charge < -0.3 is 15.4 Å². The van der Waals surface area contributed by atoms with Crippen molar-refractivity contribution in [2.75, 3.05) is 17.7 Å². The van der Waals surface area contributed by atoms with Gasteiger partial charge in [-0.25, -0.2) is 9.78 Å². The Morgan fingerprint density at radius 2 is 2.00 bits per heavy atom. The summed E-state index contributed by atoms with van der Waals surface area (Å²) in [5.41, 5.74) is 2.86. The molecule has 0 saturated carbocycles. The number of pyridine rings is 1. The lowest BCUT2D eigenvalue weighted by molar-refractivity contribution is 0.0601. The fraction of sp³-hybridized carbons (Fsp3) is 0.421. The number of anilines is 2. The Morgan fingerprint density at radius 3 is 2.73 bits per heavy atom. The highest BCUT2D eigenvalue weighted by molar-refractivity contribution is 7.80. The summed E-state index contributed by atoms with van der Waals surface area (Å²) in [6.45, 7) is 2.00. The lowest BCUT2D eigenvalue weighted by Gasteiger charge is -2.12. The molecule has 0 fully saturated rings. The van der Waals surface area contributed by atoms with E-state index in [0.717, 1.165) is 41.8 Å². The van der Waals surface area contributed by atoms with E-state index in [1.165, 1.54) is 24.8 Å². The molecule has 3 rings (SSSR count). The number of aryl methyl sites for hydroxylation is 2. The molecule has 5 nitrogen and oxygen atoms in total. The van der Waals surface area contributed by atoms with Crippen molar-refractivity contribution in [3.63, 3.8) is 0 Å². The first-order chi connectivity index (χ1) is 12.6. The highest BCUT2D eigenvalue weighted by Gasteiger charge is 2.25. The van der Waals surface area contributed by atoms with Crippen molar-refractivity contribution in [1.29, 1.82) is 0 Å². The Hall–Kier alpha value is -1.99. The molecule has 1 aliphatic carbocycles. The quantitative estimate of drug-likeness (QED) is 0.586. The molecule has 0 atom stereocenters. The molecule has 138 valence electrons. The number of nitrogens with one attached hydrogen (secondary N) is 2. The van der Waals surface area contributed by atoms with Crippen LogP contribution in [0.25, 0.3) is 0 Å². The molecule has 26 heavy (non-hydrogen) atoms. The molecule has 0 spiro atoms. The van der Waals surface area contributed by atoms with Crippen molar-refractivity contribution in [2.24, 2.45) is 0 Å². The van der Waals surface area contributed by atoms with Crippen LogP contribution < -0.4 is 10.6 Å². The maximum atomic E-state index is 12.4. The molecule has 0 bridgehead atoms. The first-order valence-corrected chi connectivity index (χ1v) is 10.0. The molecule has 7 heteroatoms. The van der Waals surface area contributed by atoms with Crippen LogP contribution in [-0.4, -0.2) is 23.2 Å². The largest absolute Gasteiger partial charge is 0.465 e. The van der Waals surface area contributed by atoms with Crippen molar-refractivity contribution in [2.45, 2.75) is 45.4 Å². The van der Waals surface area contributed by atoms with Crippen LogP contribution >= 0.6 is 23.6 Å². The number of nitrogens with zero attached hydrogens (tertiary/aromatic N) is 1. The van der Waals surface area contributed by atoms with Gasteiger partial charge in [0.05, 0.1) is 12.7 Å². The third-order valence-corrected chi connectivity index (χ3v) is 5.86. The topological polar surface area (TPSA) is 63.2 Å². The van der Waals surface area contributed by atoms with E-state index in [0.29, 0.717) is 16.5 Å². The number of rotatable bonds is 3. The number of methoxy groups -OCH3 is 1. The minimum atomic E-state index is -0.304. The zero-order valence-electron chi connectivity index (χ0n) is 15.1. The Kier molecular flexibility index (Phi) is 6.21. The number of carbonyl (C=O) groups is 1. The van der Waals surface area contributed by atoms with Gasteiger partial charge in [-0.2, -0.15) is 0 Å². The fourth-order valence-corrected chi connectivity index (χ4v) is 4.73. The van der Waals surface area contributed by atoms with Gasteiger partial charge in [0, 0.05) is 11.1 Å². The number of thiophene rings is 1. The highest BCUT2D eigenvalue weighted by atomic mass is 32.1. The first-order valence-electron chi connectivity index (χ1n) is 8.82. The summed E-state index contributed by atoms with van der Waals surface area (Å²) < 4.78 is 5.04. The maximum Gasteiger partial charge on any atom is 0.341 e. The van der Waals surface area contributed by atoms with Gasteiger partial charge in [0.2, 0.25) is 0 Å². The Labute approximate surface area is 163 Å². The van der Waals surface area contributed by atoms with Crippen molar-refractivity contribution in [3.8, 4) is 0 Å². The fourth-order valence-electron chi connectivity index (χ4n) is 3.18. The molecule has 0 aliphatic heterocycles. The molecule has 2 aromatic rings. The van der Waals surface area contributed by atoms with E-state index in [1.807, 2.05) is 19.1 Å². The summed E-state index contributed by atoms with van der Waals surface area (Å²) in [6.07, 6.45) is 8.36. The van der Waals surface area contributed by atoms with Crippen LogP contribution in [0.2, 0.25) is 0 Å². The second-order valence-electron chi connectivity index (χ2n) is 6.41. The second-order valence-corrected chi connectivity index (χ2v) is 7.92. The van der Waals surface area contributed by atoms with E-state index in [-0.39, 0.29) is 5.97 Å². The molecule has 1 aliphatic rings. The van der Waals surface area contributed by atoms with E-state index in [4.69, 9.17) is 17.0 Å². The molecule has 0 saturated heterocycles. The third-order valence-electron chi connectivity index (χ3n) is 4.44. The lowest BCUT2D eigenvalue weighted by Crippen LogP contribution is -2.21. The number of hydrogen-bond donors (Lipinski definition) is 2. The van der Waals surface area contributed by atoms with Gasteiger partial charge in [-0.3, -0.25) is 0 Å². The van der Waals surface area contributed by atoms with Crippen LogP contribution in [0.15, 0.2) is 18.3 Å². The van der Waals surface area contributed by atoms with Crippen molar-refractivity contribution >= 4 is 45.5 Å². The number of thiocarbonyl (C=S) groups is 1. The Balaban J connectivity index is 1.85. The van der Waals surface area contributed by atoms with E-state index in [9.17, 15) is 4.79 Å². The summed E-state index contributed by atoms with van der Waals surface area (Å²) >= 11 is 7.04. The molecule has 0 aromatic carbocycles.